The summed E-state index contributed by atoms with van der Waals surface area (Å²) in [6.07, 6.45) is 1.16. The summed E-state index contributed by atoms with van der Waals surface area (Å²) in [5, 5.41) is 5.38. The normalized spacial score (nSPS) is 10.8. The molecule has 0 aliphatic heterocycles. The van der Waals surface area contributed by atoms with E-state index in [9.17, 15) is 4.79 Å². The highest BCUT2D eigenvalue weighted by atomic mass is 35.5. The zero-order chi connectivity index (χ0) is 14.7. The Bertz CT molecular complexity index is 615. The van der Waals surface area contributed by atoms with E-state index < -0.39 is 0 Å². The van der Waals surface area contributed by atoms with Crippen molar-refractivity contribution in [3.63, 3.8) is 0 Å². The van der Waals surface area contributed by atoms with Gasteiger partial charge < -0.3 is 0 Å². The van der Waals surface area contributed by atoms with Gasteiger partial charge in [0.25, 0.3) is 0 Å². The summed E-state index contributed by atoms with van der Waals surface area (Å²) < 4.78 is 1.86. The van der Waals surface area contributed by atoms with Crippen molar-refractivity contribution in [3.8, 4) is 0 Å². The predicted octanol–water partition coefficient (Wildman–Crippen LogP) is 4.20. The quantitative estimate of drug-likeness (QED) is 0.776. The van der Waals surface area contributed by atoms with Gasteiger partial charge in [0.05, 0.1) is 12.1 Å². The van der Waals surface area contributed by atoms with Gasteiger partial charge in [-0.2, -0.15) is 5.10 Å². The molecule has 0 unspecified atom stereocenters. The summed E-state index contributed by atoms with van der Waals surface area (Å²) in [6.45, 7) is 4.81. The molecular weight excluding hydrogens is 295 g/mol. The van der Waals surface area contributed by atoms with Crippen LogP contribution >= 0.6 is 23.2 Å². The van der Waals surface area contributed by atoms with Gasteiger partial charge in [-0.15, -0.1) is 0 Å². The molecule has 0 bridgehead atoms. The fourth-order valence-corrected chi connectivity index (χ4v) is 2.61. The van der Waals surface area contributed by atoms with Crippen LogP contribution in [0.25, 0.3) is 0 Å². The third-order valence-electron chi connectivity index (χ3n) is 3.10. The Morgan fingerprint density at radius 3 is 2.35 bits per heavy atom. The molecule has 3 nitrogen and oxygen atoms in total. The van der Waals surface area contributed by atoms with Crippen molar-refractivity contribution < 1.29 is 4.79 Å². The SMILES string of the molecule is CCc1cc(CC(=O)c2cc(Cl)cc(Cl)c2)n(CC)n1. The van der Waals surface area contributed by atoms with E-state index in [2.05, 4.69) is 5.10 Å². The highest BCUT2D eigenvalue weighted by Gasteiger charge is 2.13. The van der Waals surface area contributed by atoms with Gasteiger partial charge in [0.2, 0.25) is 0 Å². The molecule has 0 aliphatic rings. The maximum Gasteiger partial charge on any atom is 0.168 e. The van der Waals surface area contributed by atoms with Gasteiger partial charge in [0, 0.05) is 27.8 Å². The summed E-state index contributed by atoms with van der Waals surface area (Å²) in [4.78, 5) is 12.3. The topological polar surface area (TPSA) is 34.9 Å². The van der Waals surface area contributed by atoms with E-state index in [4.69, 9.17) is 23.2 Å². The van der Waals surface area contributed by atoms with Gasteiger partial charge in [-0.1, -0.05) is 30.1 Å². The molecule has 1 heterocycles. The molecule has 1 aromatic carbocycles. The molecule has 0 saturated heterocycles. The number of nitrogens with zero attached hydrogens (tertiary/aromatic N) is 2. The van der Waals surface area contributed by atoms with Crippen LogP contribution in [0.2, 0.25) is 10.0 Å². The molecule has 5 heteroatoms. The van der Waals surface area contributed by atoms with Crippen molar-refractivity contribution in [3.05, 3.63) is 51.3 Å². The Morgan fingerprint density at radius 2 is 1.80 bits per heavy atom. The lowest BCUT2D eigenvalue weighted by molar-refractivity contribution is 0.0990. The molecule has 0 atom stereocenters. The molecule has 2 rings (SSSR count). The Balaban J connectivity index is 2.25. The Morgan fingerprint density at radius 1 is 1.15 bits per heavy atom. The lowest BCUT2D eigenvalue weighted by Crippen LogP contribution is -2.09. The fraction of sp³-hybridized carbons (Fsp3) is 0.333. The standard InChI is InChI=1S/C15H16Cl2N2O/c1-3-13-8-14(19(4-2)18-13)9-15(20)10-5-11(16)7-12(17)6-10/h5-8H,3-4,9H2,1-2H3. The van der Waals surface area contributed by atoms with E-state index in [0.717, 1.165) is 24.4 Å². The first-order valence-corrected chi connectivity index (χ1v) is 7.34. The molecule has 0 spiro atoms. The van der Waals surface area contributed by atoms with Crippen LogP contribution in [0.1, 0.15) is 35.6 Å². The number of aromatic nitrogens is 2. The van der Waals surface area contributed by atoms with Crippen LogP contribution in [0.15, 0.2) is 24.3 Å². The molecule has 0 fully saturated rings. The smallest absolute Gasteiger partial charge is 0.168 e. The number of rotatable bonds is 5. The third kappa shape index (κ3) is 3.41. The molecule has 106 valence electrons. The van der Waals surface area contributed by atoms with Crippen molar-refractivity contribution in [1.29, 1.82) is 0 Å². The van der Waals surface area contributed by atoms with E-state index in [-0.39, 0.29) is 5.78 Å². The molecule has 2 aromatic rings. The highest BCUT2D eigenvalue weighted by molar-refractivity contribution is 6.35. The molecule has 0 N–H and O–H groups in total. The third-order valence-corrected chi connectivity index (χ3v) is 3.54. The minimum absolute atomic E-state index is 0.00773. The maximum absolute atomic E-state index is 12.3. The molecule has 20 heavy (non-hydrogen) atoms. The van der Waals surface area contributed by atoms with Gasteiger partial charge in [-0.05, 0) is 37.6 Å². The van der Waals surface area contributed by atoms with E-state index in [1.54, 1.807) is 18.2 Å². The summed E-state index contributed by atoms with van der Waals surface area (Å²) in [5.74, 6) is -0.00773. The van der Waals surface area contributed by atoms with Gasteiger partial charge in [0.15, 0.2) is 5.78 Å². The van der Waals surface area contributed by atoms with Crippen molar-refractivity contribution in [1.82, 2.24) is 9.78 Å². The number of ketones is 1. The van der Waals surface area contributed by atoms with Gasteiger partial charge in [0.1, 0.15) is 0 Å². The zero-order valence-electron chi connectivity index (χ0n) is 11.5. The number of halogens is 2. The monoisotopic (exact) mass is 310 g/mol. The lowest BCUT2D eigenvalue weighted by atomic mass is 10.1. The van der Waals surface area contributed by atoms with E-state index in [1.807, 2.05) is 24.6 Å². The molecule has 0 radical (unpaired) electrons. The van der Waals surface area contributed by atoms with Gasteiger partial charge >= 0.3 is 0 Å². The van der Waals surface area contributed by atoms with E-state index in [0.29, 0.717) is 22.0 Å². The molecule has 0 aliphatic carbocycles. The largest absolute Gasteiger partial charge is 0.294 e. The average Bonchev–Trinajstić information content (AvgIpc) is 2.79. The van der Waals surface area contributed by atoms with Gasteiger partial charge in [-0.3, -0.25) is 9.48 Å². The minimum Gasteiger partial charge on any atom is -0.294 e. The lowest BCUT2D eigenvalue weighted by Gasteiger charge is -2.05. The second-order valence-electron chi connectivity index (χ2n) is 4.55. The van der Waals surface area contributed by atoms with Crippen LogP contribution in [-0.4, -0.2) is 15.6 Å². The number of carbonyl (C=O) groups is 1. The molecule has 0 amide bonds. The van der Waals surface area contributed by atoms with Crippen molar-refractivity contribution in [2.24, 2.45) is 0 Å². The highest BCUT2D eigenvalue weighted by Crippen LogP contribution is 2.20. The molecular formula is C15H16Cl2N2O. The Labute approximate surface area is 128 Å². The van der Waals surface area contributed by atoms with Crippen LogP contribution in [0, 0.1) is 0 Å². The zero-order valence-corrected chi connectivity index (χ0v) is 13.0. The Kier molecular flexibility index (Phi) is 4.84. The van der Waals surface area contributed by atoms with E-state index >= 15 is 0 Å². The summed E-state index contributed by atoms with van der Waals surface area (Å²) in [6, 6.07) is 6.88. The first kappa shape index (κ1) is 15.1. The number of benzene rings is 1. The molecule has 1 aromatic heterocycles. The summed E-state index contributed by atoms with van der Waals surface area (Å²) >= 11 is 11.9. The first-order valence-electron chi connectivity index (χ1n) is 6.58. The van der Waals surface area contributed by atoms with Crippen molar-refractivity contribution >= 4 is 29.0 Å². The number of Topliss-reactive ketones (excluding diaryl/α,β-unsaturated/α-hetero) is 1. The first-order chi connectivity index (χ1) is 9.53. The molecule has 0 saturated carbocycles. The maximum atomic E-state index is 12.3. The number of aryl methyl sites for hydroxylation is 2. The Hall–Kier alpha value is -1.32. The second-order valence-corrected chi connectivity index (χ2v) is 5.43. The van der Waals surface area contributed by atoms with Gasteiger partial charge in [-0.25, -0.2) is 0 Å². The van der Waals surface area contributed by atoms with Crippen LogP contribution < -0.4 is 0 Å². The number of hydrogen-bond acceptors (Lipinski definition) is 2. The van der Waals surface area contributed by atoms with Crippen molar-refractivity contribution in [2.75, 3.05) is 0 Å². The van der Waals surface area contributed by atoms with Crippen LogP contribution in [0.4, 0.5) is 0 Å². The van der Waals surface area contributed by atoms with E-state index in [1.165, 1.54) is 0 Å². The average molecular weight is 311 g/mol. The predicted molar refractivity (Wildman–Crippen MR) is 81.8 cm³/mol. The summed E-state index contributed by atoms with van der Waals surface area (Å²) in [7, 11) is 0. The summed E-state index contributed by atoms with van der Waals surface area (Å²) in [5.41, 5.74) is 2.45. The van der Waals surface area contributed by atoms with Crippen LogP contribution in [0.5, 0.6) is 0 Å². The number of carbonyl (C=O) groups excluding carboxylic acids is 1. The second kappa shape index (κ2) is 6.42. The fourth-order valence-electron chi connectivity index (χ4n) is 2.09. The van der Waals surface area contributed by atoms with Crippen LogP contribution in [0.3, 0.4) is 0 Å². The minimum atomic E-state index is -0.00773. The van der Waals surface area contributed by atoms with Crippen LogP contribution in [-0.2, 0) is 19.4 Å². The number of hydrogen-bond donors (Lipinski definition) is 0. The van der Waals surface area contributed by atoms with Crippen molar-refractivity contribution in [2.45, 2.75) is 33.2 Å².